The quantitative estimate of drug-likeness (QED) is 0.527. The highest BCUT2D eigenvalue weighted by atomic mass is 19.4. The fourth-order valence-corrected chi connectivity index (χ4v) is 4.25. The van der Waals surface area contributed by atoms with E-state index >= 15 is 0 Å². The van der Waals surface area contributed by atoms with Gasteiger partial charge in [0.25, 0.3) is 5.91 Å². The van der Waals surface area contributed by atoms with Crippen molar-refractivity contribution in [3.63, 3.8) is 0 Å². The zero-order valence-corrected chi connectivity index (χ0v) is 18.5. The van der Waals surface area contributed by atoms with E-state index in [-0.39, 0.29) is 17.9 Å². The molecule has 0 radical (unpaired) electrons. The summed E-state index contributed by atoms with van der Waals surface area (Å²) in [4.78, 5) is 12.6. The van der Waals surface area contributed by atoms with E-state index in [1.54, 1.807) is 36.1 Å². The summed E-state index contributed by atoms with van der Waals surface area (Å²) in [5.41, 5.74) is 3.12. The number of benzene rings is 2. The summed E-state index contributed by atoms with van der Waals surface area (Å²) in [5, 5.41) is 7.60. The minimum atomic E-state index is -4.38. The third-order valence-corrected chi connectivity index (χ3v) is 5.91. The number of hydrogen-bond acceptors (Lipinski definition) is 3. The number of alkyl halides is 3. The Morgan fingerprint density at radius 2 is 1.73 bits per heavy atom. The second kappa shape index (κ2) is 8.77. The van der Waals surface area contributed by atoms with E-state index in [1.807, 2.05) is 26.0 Å². The highest BCUT2D eigenvalue weighted by molar-refractivity contribution is 5.94. The van der Waals surface area contributed by atoms with Gasteiger partial charge in [0.1, 0.15) is 5.75 Å². The van der Waals surface area contributed by atoms with E-state index in [0.29, 0.717) is 23.4 Å². The molecule has 0 fully saturated rings. The Balaban J connectivity index is 1.47. The molecular weight excluding hydrogens is 431 g/mol. The van der Waals surface area contributed by atoms with Crippen molar-refractivity contribution in [2.75, 3.05) is 7.11 Å². The van der Waals surface area contributed by atoms with E-state index < -0.39 is 11.7 Å². The van der Waals surface area contributed by atoms with Gasteiger partial charge in [0.05, 0.1) is 24.1 Å². The maximum Gasteiger partial charge on any atom is 0.416 e. The summed E-state index contributed by atoms with van der Waals surface area (Å²) in [6.45, 7) is 3.80. The lowest BCUT2D eigenvalue weighted by atomic mass is 9.95. The number of rotatable bonds is 5. The van der Waals surface area contributed by atoms with Gasteiger partial charge in [0.15, 0.2) is 0 Å². The molecule has 2 unspecified atom stereocenters. The highest BCUT2D eigenvalue weighted by Crippen LogP contribution is 2.35. The van der Waals surface area contributed by atoms with Crippen molar-refractivity contribution in [3.05, 3.63) is 88.8 Å². The van der Waals surface area contributed by atoms with E-state index in [1.165, 1.54) is 12.1 Å². The molecule has 0 aliphatic heterocycles. The minimum absolute atomic E-state index is 0.0503. The fraction of sp³-hybridized carbons (Fsp3) is 0.280. The number of nitrogens with one attached hydrogen (secondary N) is 1. The Morgan fingerprint density at radius 3 is 2.33 bits per heavy atom. The summed E-state index contributed by atoms with van der Waals surface area (Å²) in [6.07, 6.45) is 0.328. The molecule has 172 valence electrons. The molecular formula is C25H24F3N3O2. The van der Waals surface area contributed by atoms with Gasteiger partial charge >= 0.3 is 6.18 Å². The maximum absolute atomic E-state index is 12.9. The number of hydrogen-bond donors (Lipinski definition) is 1. The molecule has 33 heavy (non-hydrogen) atoms. The van der Waals surface area contributed by atoms with Crippen molar-refractivity contribution < 1.29 is 22.7 Å². The van der Waals surface area contributed by atoms with Gasteiger partial charge in [0, 0.05) is 28.8 Å². The SMILES string of the molecule is COc1ccc(C(=O)NC2C=CC(c3c(C)nn(-c4ccc(C(F)(F)F)cc4)c3C)C2)cc1. The number of ether oxygens (including phenoxy) is 1. The van der Waals surface area contributed by atoms with Crippen LogP contribution in [-0.4, -0.2) is 28.8 Å². The molecule has 1 aliphatic rings. The Kier molecular flexibility index (Phi) is 6.01. The van der Waals surface area contributed by atoms with Crippen LogP contribution in [-0.2, 0) is 6.18 Å². The van der Waals surface area contributed by atoms with Gasteiger partial charge in [-0.05, 0) is 68.8 Å². The molecule has 8 heteroatoms. The van der Waals surface area contributed by atoms with Gasteiger partial charge in [-0.2, -0.15) is 18.3 Å². The molecule has 1 N–H and O–H groups in total. The molecule has 1 aliphatic carbocycles. The first kappa shape index (κ1) is 22.6. The smallest absolute Gasteiger partial charge is 0.416 e. The third-order valence-electron chi connectivity index (χ3n) is 5.91. The first-order valence-electron chi connectivity index (χ1n) is 10.5. The zero-order chi connectivity index (χ0) is 23.8. The first-order valence-corrected chi connectivity index (χ1v) is 10.5. The second-order valence-corrected chi connectivity index (χ2v) is 8.08. The van der Waals surface area contributed by atoms with E-state index in [0.717, 1.165) is 29.1 Å². The number of nitrogens with zero attached hydrogens (tertiary/aromatic N) is 2. The number of aryl methyl sites for hydroxylation is 1. The number of halogens is 3. The number of methoxy groups -OCH3 is 1. The molecule has 2 aromatic carbocycles. The van der Waals surface area contributed by atoms with Crippen LogP contribution in [0.2, 0.25) is 0 Å². The van der Waals surface area contributed by atoms with Crippen molar-refractivity contribution in [3.8, 4) is 11.4 Å². The van der Waals surface area contributed by atoms with Crippen LogP contribution in [0.25, 0.3) is 5.69 Å². The van der Waals surface area contributed by atoms with E-state index in [9.17, 15) is 18.0 Å². The standard InChI is InChI=1S/C25H24F3N3O2/c1-15-23(16(2)31(30-15)21-10-7-19(8-11-21)25(26,27)28)18-4-9-20(14-18)29-24(32)17-5-12-22(33-3)13-6-17/h4-13,18,20H,14H2,1-3H3,(H,29,32). The predicted octanol–water partition coefficient (Wildman–Crippen LogP) is 5.36. The van der Waals surface area contributed by atoms with Crippen LogP contribution in [0.15, 0.2) is 60.7 Å². The molecule has 0 saturated heterocycles. The molecule has 2 atom stereocenters. The lowest BCUT2D eigenvalue weighted by Crippen LogP contribution is -2.32. The van der Waals surface area contributed by atoms with E-state index in [2.05, 4.69) is 10.4 Å². The third kappa shape index (κ3) is 4.65. The molecule has 5 nitrogen and oxygen atoms in total. The van der Waals surface area contributed by atoms with Gasteiger partial charge in [-0.25, -0.2) is 4.68 Å². The molecule has 0 spiro atoms. The van der Waals surface area contributed by atoms with Gasteiger partial charge in [-0.1, -0.05) is 12.2 Å². The Labute approximate surface area is 189 Å². The molecule has 4 rings (SSSR count). The number of amides is 1. The summed E-state index contributed by atoms with van der Waals surface area (Å²) in [6, 6.07) is 11.8. The average Bonchev–Trinajstić information content (AvgIpc) is 3.36. The normalized spacial score (nSPS) is 17.9. The van der Waals surface area contributed by atoms with Crippen LogP contribution in [0, 0.1) is 13.8 Å². The number of carbonyl (C=O) groups is 1. The van der Waals surface area contributed by atoms with Crippen LogP contribution in [0.5, 0.6) is 5.75 Å². The first-order chi connectivity index (χ1) is 15.7. The molecule has 1 aromatic heterocycles. The van der Waals surface area contributed by atoms with Crippen LogP contribution in [0.3, 0.4) is 0 Å². The predicted molar refractivity (Wildman–Crippen MR) is 119 cm³/mol. The molecule has 0 bridgehead atoms. The summed E-state index contributed by atoms with van der Waals surface area (Å²) in [5.74, 6) is 0.569. The second-order valence-electron chi connectivity index (χ2n) is 8.08. The van der Waals surface area contributed by atoms with Crippen LogP contribution in [0.4, 0.5) is 13.2 Å². The molecule has 0 saturated carbocycles. The van der Waals surface area contributed by atoms with Gasteiger partial charge < -0.3 is 10.1 Å². The Morgan fingerprint density at radius 1 is 1.06 bits per heavy atom. The monoisotopic (exact) mass is 455 g/mol. The van der Waals surface area contributed by atoms with E-state index in [4.69, 9.17) is 4.74 Å². The van der Waals surface area contributed by atoms with Crippen LogP contribution in [0.1, 0.15) is 45.2 Å². The van der Waals surface area contributed by atoms with Crippen molar-refractivity contribution in [2.24, 2.45) is 0 Å². The maximum atomic E-state index is 12.9. The Hall–Kier alpha value is -3.55. The number of carbonyl (C=O) groups excluding carboxylic acids is 1. The lowest BCUT2D eigenvalue weighted by molar-refractivity contribution is -0.137. The summed E-state index contributed by atoms with van der Waals surface area (Å²) >= 11 is 0. The van der Waals surface area contributed by atoms with Gasteiger partial charge in [-0.15, -0.1) is 0 Å². The average molecular weight is 455 g/mol. The largest absolute Gasteiger partial charge is 0.497 e. The summed E-state index contributed by atoms with van der Waals surface area (Å²) < 4.78 is 45.4. The number of aromatic nitrogens is 2. The minimum Gasteiger partial charge on any atom is -0.497 e. The van der Waals surface area contributed by atoms with Crippen molar-refractivity contribution in [1.29, 1.82) is 0 Å². The van der Waals surface area contributed by atoms with Crippen LogP contribution >= 0.6 is 0 Å². The Bertz CT molecular complexity index is 1180. The van der Waals surface area contributed by atoms with Gasteiger partial charge in [-0.3, -0.25) is 4.79 Å². The highest BCUT2D eigenvalue weighted by Gasteiger charge is 2.31. The van der Waals surface area contributed by atoms with Crippen molar-refractivity contribution >= 4 is 5.91 Å². The van der Waals surface area contributed by atoms with Gasteiger partial charge in [0.2, 0.25) is 0 Å². The molecule has 1 amide bonds. The zero-order valence-electron chi connectivity index (χ0n) is 18.5. The van der Waals surface area contributed by atoms with Crippen molar-refractivity contribution in [1.82, 2.24) is 15.1 Å². The summed E-state index contributed by atoms with van der Waals surface area (Å²) in [7, 11) is 1.57. The molecule has 3 aromatic rings. The number of allylic oxidation sites excluding steroid dienone is 1. The fourth-order valence-electron chi connectivity index (χ4n) is 4.25. The molecule has 1 heterocycles. The van der Waals surface area contributed by atoms with Crippen LogP contribution < -0.4 is 10.1 Å². The lowest BCUT2D eigenvalue weighted by Gasteiger charge is -2.15. The topological polar surface area (TPSA) is 56.1 Å². The van der Waals surface area contributed by atoms with Crippen molar-refractivity contribution in [2.45, 2.75) is 38.4 Å².